The van der Waals surface area contributed by atoms with Gasteiger partial charge in [0.05, 0.1) is 16.1 Å². The molecule has 3 heteroatoms. The molecule has 0 saturated carbocycles. The average molecular weight is 662 g/mol. The molecule has 2 heterocycles. The molecule has 0 amide bonds. The molecule has 0 spiro atoms. The van der Waals surface area contributed by atoms with Crippen LogP contribution in [-0.4, -0.2) is 0 Å². The Bertz CT molecular complexity index is 2770. The Kier molecular flexibility index (Phi) is 5.87. The number of anilines is 3. The molecular formula is C47H35NOS. The molecule has 1 unspecified atom stereocenters. The summed E-state index contributed by atoms with van der Waals surface area (Å²) in [4.78, 5) is 2.62. The summed E-state index contributed by atoms with van der Waals surface area (Å²) < 4.78 is 9.27. The quantitative estimate of drug-likeness (QED) is 0.187. The van der Waals surface area contributed by atoms with Gasteiger partial charge in [0.25, 0.3) is 0 Å². The molecule has 0 fully saturated rings. The number of fused-ring (bicyclic) bond motifs is 11. The van der Waals surface area contributed by atoms with Crippen LogP contribution in [-0.2, 0) is 11.8 Å². The lowest BCUT2D eigenvalue weighted by molar-refractivity contribution is 0.406. The van der Waals surface area contributed by atoms with Crippen LogP contribution in [0, 0.1) is 0 Å². The van der Waals surface area contributed by atoms with Gasteiger partial charge < -0.3 is 9.32 Å². The summed E-state index contributed by atoms with van der Waals surface area (Å²) in [7, 11) is 0. The van der Waals surface area contributed by atoms with Gasteiger partial charge in [-0.2, -0.15) is 0 Å². The van der Waals surface area contributed by atoms with Gasteiger partial charge in [-0.15, -0.1) is 11.3 Å². The van der Waals surface area contributed by atoms with E-state index >= 15 is 0 Å². The smallest absolute Gasteiger partial charge is 0.144 e. The van der Waals surface area contributed by atoms with E-state index in [1.54, 1.807) is 0 Å². The maximum atomic E-state index is 6.74. The van der Waals surface area contributed by atoms with Crippen LogP contribution in [0.1, 0.15) is 60.4 Å². The van der Waals surface area contributed by atoms with Crippen LogP contribution in [0.3, 0.4) is 0 Å². The molecule has 0 N–H and O–H groups in total. The molecule has 11 rings (SSSR count). The number of benzene rings is 6. The lowest BCUT2D eigenvalue weighted by Crippen LogP contribution is -2.34. The Morgan fingerprint density at radius 2 is 1.52 bits per heavy atom. The molecular weight excluding hydrogens is 627 g/mol. The highest BCUT2D eigenvalue weighted by atomic mass is 32.1. The first kappa shape index (κ1) is 28.5. The highest BCUT2D eigenvalue weighted by Crippen LogP contribution is 2.60. The van der Waals surface area contributed by atoms with Crippen molar-refractivity contribution in [3.63, 3.8) is 0 Å². The van der Waals surface area contributed by atoms with Gasteiger partial charge in [0, 0.05) is 37.5 Å². The molecule has 8 aromatic rings. The van der Waals surface area contributed by atoms with Crippen LogP contribution in [0.2, 0.25) is 0 Å². The second-order valence-electron chi connectivity index (χ2n) is 14.7. The zero-order valence-corrected chi connectivity index (χ0v) is 29.0. The first-order chi connectivity index (χ1) is 24.6. The van der Waals surface area contributed by atoms with Crippen molar-refractivity contribution < 1.29 is 4.42 Å². The van der Waals surface area contributed by atoms with E-state index in [-0.39, 0.29) is 5.41 Å². The predicted molar refractivity (Wildman–Crippen MR) is 214 cm³/mol. The highest BCUT2D eigenvalue weighted by molar-refractivity contribution is 7.26. The van der Waals surface area contributed by atoms with Crippen LogP contribution in [0.25, 0.3) is 65.4 Å². The summed E-state index contributed by atoms with van der Waals surface area (Å²) in [5.74, 6) is 0.383. The Morgan fingerprint density at radius 3 is 2.42 bits per heavy atom. The number of hydrogen-bond acceptors (Lipinski definition) is 3. The molecule has 240 valence electrons. The number of nitrogens with zero attached hydrogens (tertiary/aromatic N) is 1. The van der Waals surface area contributed by atoms with Gasteiger partial charge >= 0.3 is 0 Å². The van der Waals surface area contributed by atoms with Crippen molar-refractivity contribution >= 4 is 82.7 Å². The van der Waals surface area contributed by atoms with Gasteiger partial charge in [-0.05, 0) is 94.3 Å². The van der Waals surface area contributed by atoms with Crippen molar-refractivity contribution in [3.8, 4) is 11.1 Å². The minimum atomic E-state index is -0.00205. The zero-order chi connectivity index (χ0) is 33.1. The van der Waals surface area contributed by atoms with Crippen LogP contribution >= 0.6 is 11.3 Å². The van der Waals surface area contributed by atoms with Gasteiger partial charge in [-0.25, -0.2) is 0 Å². The van der Waals surface area contributed by atoms with Gasteiger partial charge in [0.15, 0.2) is 0 Å². The molecule has 0 radical (unpaired) electrons. The molecule has 1 atom stereocenters. The van der Waals surface area contributed by atoms with E-state index < -0.39 is 0 Å². The van der Waals surface area contributed by atoms with Gasteiger partial charge in [0.2, 0.25) is 0 Å². The van der Waals surface area contributed by atoms with E-state index in [1.165, 1.54) is 76.2 Å². The fraction of sp³-hybridized carbons (Fsp3) is 0.149. The second kappa shape index (κ2) is 10.3. The molecule has 3 aliphatic carbocycles. The third-order valence-electron chi connectivity index (χ3n) is 11.8. The summed E-state index contributed by atoms with van der Waals surface area (Å²) in [6, 6.07) is 40.1. The third kappa shape index (κ3) is 3.73. The van der Waals surface area contributed by atoms with E-state index in [2.05, 4.69) is 152 Å². The van der Waals surface area contributed by atoms with Gasteiger partial charge in [-0.3, -0.25) is 0 Å². The van der Waals surface area contributed by atoms with Crippen LogP contribution in [0.5, 0.6) is 0 Å². The van der Waals surface area contributed by atoms with E-state index in [0.29, 0.717) is 5.92 Å². The van der Waals surface area contributed by atoms with Crippen molar-refractivity contribution in [3.05, 3.63) is 149 Å². The Balaban J connectivity index is 1.33. The topological polar surface area (TPSA) is 16.4 Å². The average Bonchev–Trinajstić information content (AvgIpc) is 3.73. The summed E-state index contributed by atoms with van der Waals surface area (Å²) in [5, 5.41) is 4.78. The largest absolute Gasteiger partial charge is 0.455 e. The third-order valence-corrected chi connectivity index (χ3v) is 12.9. The lowest BCUT2D eigenvalue weighted by atomic mass is 9.58. The highest BCUT2D eigenvalue weighted by Gasteiger charge is 2.44. The first-order valence-corrected chi connectivity index (χ1v) is 18.7. The van der Waals surface area contributed by atoms with Crippen LogP contribution < -0.4 is 4.90 Å². The summed E-state index contributed by atoms with van der Waals surface area (Å²) in [6.07, 6.45) is 12.8. The standard InChI is InChI=1S/C47H35NOS/c1-47(2)36-23-11-8-20-32(36)41-30-18-6-7-19-31(30)44(34-22-14-24-37(47)42(34)41)48(28-15-4-3-5-16-28)38-27-35-29-17-9-12-25-39(29)49-45(35)43-33-21-10-13-26-40(33)50-46(38)43/h3-6,8-18,20-23,25-27,37H,7,19,24H2,1-2H3. The van der Waals surface area contributed by atoms with Crippen molar-refractivity contribution in [1.29, 1.82) is 0 Å². The lowest BCUT2D eigenvalue weighted by Gasteiger charge is -2.46. The van der Waals surface area contributed by atoms with Gasteiger partial charge in [0.1, 0.15) is 11.2 Å². The fourth-order valence-corrected chi connectivity index (χ4v) is 10.7. The Labute approximate surface area is 295 Å². The maximum absolute atomic E-state index is 6.74. The van der Waals surface area contributed by atoms with Crippen LogP contribution in [0.15, 0.2) is 126 Å². The monoisotopic (exact) mass is 661 g/mol. The zero-order valence-electron chi connectivity index (χ0n) is 28.2. The molecule has 2 aromatic heterocycles. The van der Waals surface area contributed by atoms with Crippen molar-refractivity contribution in [2.75, 3.05) is 4.90 Å². The van der Waals surface area contributed by atoms with Crippen molar-refractivity contribution in [2.24, 2.45) is 0 Å². The number of thiophene rings is 1. The molecule has 0 bridgehead atoms. The Hall–Kier alpha value is -5.38. The maximum Gasteiger partial charge on any atom is 0.144 e. The van der Waals surface area contributed by atoms with E-state index in [0.717, 1.165) is 41.2 Å². The number of para-hydroxylation sites is 2. The number of allylic oxidation sites excluding steroid dienone is 2. The van der Waals surface area contributed by atoms with Crippen molar-refractivity contribution in [2.45, 2.75) is 44.4 Å². The van der Waals surface area contributed by atoms with Crippen molar-refractivity contribution in [1.82, 2.24) is 0 Å². The minimum Gasteiger partial charge on any atom is -0.455 e. The number of rotatable bonds is 3. The molecule has 2 nitrogen and oxygen atoms in total. The normalized spacial score (nSPS) is 17.0. The molecule has 0 saturated heterocycles. The molecule has 50 heavy (non-hydrogen) atoms. The second-order valence-corrected chi connectivity index (χ2v) is 15.7. The number of hydrogen-bond donors (Lipinski definition) is 0. The number of furan rings is 1. The molecule has 6 aromatic carbocycles. The SMILES string of the molecule is CC1(C)c2ccccc2-c2c3c(c(N(c4ccccc4)c4cc5c6ccccc6oc5c5c4sc4ccccc45)c4c2C1CC=C4)CCC=C3. The fourth-order valence-electron chi connectivity index (χ4n) is 9.52. The van der Waals surface area contributed by atoms with E-state index in [9.17, 15) is 0 Å². The Morgan fingerprint density at radius 1 is 0.760 bits per heavy atom. The molecule has 0 aliphatic heterocycles. The molecule has 3 aliphatic rings. The summed E-state index contributed by atoms with van der Waals surface area (Å²) in [5.41, 5.74) is 15.7. The predicted octanol–water partition coefficient (Wildman–Crippen LogP) is 13.8. The van der Waals surface area contributed by atoms with E-state index in [1.807, 2.05) is 11.3 Å². The summed E-state index contributed by atoms with van der Waals surface area (Å²) >= 11 is 1.88. The van der Waals surface area contributed by atoms with Crippen LogP contribution in [0.4, 0.5) is 17.1 Å². The van der Waals surface area contributed by atoms with E-state index in [4.69, 9.17) is 4.42 Å². The summed E-state index contributed by atoms with van der Waals surface area (Å²) in [6.45, 7) is 4.93. The van der Waals surface area contributed by atoms with Gasteiger partial charge in [-0.1, -0.05) is 117 Å². The first-order valence-electron chi connectivity index (χ1n) is 17.9. The minimum absolute atomic E-state index is 0.00205.